The first kappa shape index (κ1) is 17.6. The number of hydrogen-bond acceptors (Lipinski definition) is 7. The van der Waals surface area contributed by atoms with Crippen molar-refractivity contribution in [2.24, 2.45) is 0 Å². The molecule has 2 N–H and O–H groups in total. The third kappa shape index (κ3) is 2.21. The number of aromatic nitrogens is 5. The summed E-state index contributed by atoms with van der Waals surface area (Å²) < 4.78 is 1.70. The third-order valence-corrected chi connectivity index (χ3v) is 7.97. The van der Waals surface area contributed by atoms with Crippen LogP contribution in [-0.2, 0) is 10.2 Å². The molecule has 9 nitrogen and oxygen atoms in total. The summed E-state index contributed by atoms with van der Waals surface area (Å²) in [7, 11) is 0. The summed E-state index contributed by atoms with van der Waals surface area (Å²) in [6, 6.07) is 1.95. The van der Waals surface area contributed by atoms with E-state index in [2.05, 4.69) is 20.4 Å². The molecule has 0 atom stereocenters. The lowest BCUT2D eigenvalue weighted by Crippen LogP contribution is -2.49. The number of hydrogen-bond donors (Lipinski definition) is 2. The molecular weight excluding hydrogens is 394 g/mol. The second-order valence-corrected chi connectivity index (χ2v) is 9.84. The zero-order valence-electron chi connectivity index (χ0n) is 17.3. The van der Waals surface area contributed by atoms with E-state index in [1.807, 2.05) is 30.3 Å². The number of aliphatic hydroxyl groups is 1. The third-order valence-electron chi connectivity index (χ3n) is 7.97. The Morgan fingerprint density at radius 1 is 1.13 bits per heavy atom. The molecule has 3 aromatic heterocycles. The Morgan fingerprint density at radius 3 is 2.65 bits per heavy atom. The molecule has 0 aromatic carbocycles. The highest BCUT2D eigenvalue weighted by Crippen LogP contribution is 2.63. The van der Waals surface area contributed by atoms with Crippen molar-refractivity contribution in [1.29, 1.82) is 0 Å². The second-order valence-electron chi connectivity index (χ2n) is 9.84. The molecule has 3 aliphatic carbocycles. The molecule has 7 rings (SSSR count). The topological polar surface area (TPSA) is 109 Å². The number of aryl methyl sites for hydroxylation is 1. The average molecular weight is 417 g/mol. The van der Waals surface area contributed by atoms with Crippen LogP contribution in [0, 0.1) is 6.92 Å². The van der Waals surface area contributed by atoms with Gasteiger partial charge in [-0.3, -0.25) is 9.69 Å². The predicted molar refractivity (Wildman–Crippen MR) is 112 cm³/mol. The molecule has 0 radical (unpaired) electrons. The highest BCUT2D eigenvalue weighted by atomic mass is 16.3. The quantitative estimate of drug-likeness (QED) is 0.674. The number of carbonyl (C=O) groups is 1. The molecule has 4 heterocycles. The van der Waals surface area contributed by atoms with Crippen LogP contribution in [-0.4, -0.2) is 46.7 Å². The van der Waals surface area contributed by atoms with Crippen molar-refractivity contribution in [3.8, 4) is 0 Å². The molecule has 3 saturated carbocycles. The van der Waals surface area contributed by atoms with Crippen molar-refractivity contribution >= 4 is 29.0 Å². The Balaban J connectivity index is 1.31. The van der Waals surface area contributed by atoms with Gasteiger partial charge in [-0.1, -0.05) is 0 Å². The molecule has 3 fully saturated rings. The van der Waals surface area contributed by atoms with E-state index in [1.54, 1.807) is 4.52 Å². The second kappa shape index (κ2) is 5.40. The number of fused-ring (bicyclic) bond motifs is 5. The van der Waals surface area contributed by atoms with Gasteiger partial charge in [0.15, 0.2) is 5.65 Å². The van der Waals surface area contributed by atoms with Crippen LogP contribution in [0.5, 0.6) is 0 Å². The van der Waals surface area contributed by atoms with Crippen LogP contribution in [0.3, 0.4) is 0 Å². The summed E-state index contributed by atoms with van der Waals surface area (Å²) in [5.41, 5.74) is 2.19. The van der Waals surface area contributed by atoms with Gasteiger partial charge in [-0.25, -0.2) is 14.5 Å². The first-order valence-electron chi connectivity index (χ1n) is 10.9. The maximum Gasteiger partial charge on any atom is 0.239 e. The monoisotopic (exact) mass is 417 g/mol. The molecule has 1 amide bonds. The predicted octanol–water partition coefficient (Wildman–Crippen LogP) is 2.40. The van der Waals surface area contributed by atoms with Crippen LogP contribution in [0.15, 0.2) is 24.8 Å². The lowest BCUT2D eigenvalue weighted by molar-refractivity contribution is -0.121. The number of pyridine rings is 1. The van der Waals surface area contributed by atoms with Crippen molar-refractivity contribution in [3.63, 3.8) is 0 Å². The number of rotatable bonds is 3. The van der Waals surface area contributed by atoms with E-state index >= 15 is 0 Å². The number of nitrogens with zero attached hydrogens (tertiary/aromatic N) is 6. The molecule has 0 saturated heterocycles. The van der Waals surface area contributed by atoms with Crippen LogP contribution >= 0.6 is 0 Å². The van der Waals surface area contributed by atoms with E-state index in [0.717, 1.165) is 66.8 Å². The first-order valence-corrected chi connectivity index (χ1v) is 10.9. The summed E-state index contributed by atoms with van der Waals surface area (Å²) in [6.45, 7) is 2.00. The number of anilines is 3. The summed E-state index contributed by atoms with van der Waals surface area (Å²) >= 11 is 0. The van der Waals surface area contributed by atoms with Crippen molar-refractivity contribution in [2.75, 3.05) is 10.2 Å². The van der Waals surface area contributed by atoms with Crippen molar-refractivity contribution in [3.05, 3.63) is 35.9 Å². The van der Waals surface area contributed by atoms with Gasteiger partial charge in [-0.15, -0.1) is 0 Å². The molecule has 31 heavy (non-hydrogen) atoms. The average Bonchev–Trinajstić information content (AvgIpc) is 3.00. The number of amides is 1. The fourth-order valence-corrected chi connectivity index (χ4v) is 6.07. The molecule has 1 spiro atoms. The van der Waals surface area contributed by atoms with E-state index in [-0.39, 0.29) is 11.4 Å². The fraction of sp³-hybridized carbons (Fsp3) is 0.500. The maximum absolute atomic E-state index is 13.6. The van der Waals surface area contributed by atoms with Gasteiger partial charge in [0, 0.05) is 11.8 Å². The van der Waals surface area contributed by atoms with Crippen LogP contribution in [0.1, 0.15) is 56.1 Å². The Hall–Kier alpha value is -3.07. The molecule has 3 aromatic rings. The highest BCUT2D eigenvalue weighted by molar-refractivity contribution is 6.10. The van der Waals surface area contributed by atoms with Gasteiger partial charge in [-0.05, 0) is 63.5 Å². The molecule has 1 aliphatic heterocycles. The minimum atomic E-state index is -0.627. The van der Waals surface area contributed by atoms with E-state index in [1.165, 1.54) is 6.33 Å². The summed E-state index contributed by atoms with van der Waals surface area (Å²) in [4.78, 5) is 29.2. The minimum Gasteiger partial charge on any atom is -0.390 e. The molecule has 2 bridgehead atoms. The van der Waals surface area contributed by atoms with Gasteiger partial charge >= 0.3 is 0 Å². The van der Waals surface area contributed by atoms with E-state index in [9.17, 15) is 9.90 Å². The molecule has 9 heteroatoms. The van der Waals surface area contributed by atoms with Gasteiger partial charge in [0.05, 0.1) is 28.4 Å². The van der Waals surface area contributed by atoms with Crippen molar-refractivity contribution in [2.45, 2.75) is 68.4 Å². The summed E-state index contributed by atoms with van der Waals surface area (Å²) in [5.74, 6) is 1.34. The molecule has 158 valence electrons. The number of carbonyl (C=O) groups excluding carboxylic acids is 1. The van der Waals surface area contributed by atoms with E-state index < -0.39 is 11.0 Å². The van der Waals surface area contributed by atoms with Gasteiger partial charge in [0.1, 0.15) is 12.1 Å². The highest BCUT2D eigenvalue weighted by Gasteiger charge is 2.67. The number of nitrogens with one attached hydrogen (secondary N) is 1. The lowest BCUT2D eigenvalue weighted by Gasteiger charge is -2.37. The summed E-state index contributed by atoms with van der Waals surface area (Å²) in [5, 5.41) is 18.3. The van der Waals surface area contributed by atoms with Crippen molar-refractivity contribution in [1.82, 2.24) is 24.6 Å². The Labute approximate surface area is 178 Å². The Bertz CT molecular complexity index is 1270. The van der Waals surface area contributed by atoms with Crippen molar-refractivity contribution < 1.29 is 9.90 Å². The molecule has 0 unspecified atom stereocenters. The van der Waals surface area contributed by atoms with Crippen LogP contribution < -0.4 is 10.2 Å². The van der Waals surface area contributed by atoms with E-state index in [0.29, 0.717) is 12.4 Å². The summed E-state index contributed by atoms with van der Waals surface area (Å²) in [6.07, 6.45) is 10.8. The van der Waals surface area contributed by atoms with Gasteiger partial charge in [-0.2, -0.15) is 10.1 Å². The SMILES string of the molecule is Cc1cc2ncnn2cc1Nc1ncc2c(n1)N(C13CCC(O)(CC1)C3)C(=O)C21CC1. The first-order chi connectivity index (χ1) is 14.9. The van der Waals surface area contributed by atoms with E-state index in [4.69, 9.17) is 4.98 Å². The van der Waals surface area contributed by atoms with Crippen LogP contribution in [0.25, 0.3) is 5.65 Å². The fourth-order valence-electron chi connectivity index (χ4n) is 6.07. The zero-order chi connectivity index (χ0) is 21.0. The Morgan fingerprint density at radius 2 is 1.94 bits per heavy atom. The maximum atomic E-state index is 13.6. The molecule has 4 aliphatic rings. The molecular formula is C22H23N7O2. The van der Waals surface area contributed by atoms with Gasteiger partial charge in [0.2, 0.25) is 11.9 Å². The van der Waals surface area contributed by atoms with Crippen LogP contribution in [0.4, 0.5) is 17.5 Å². The Kier molecular flexibility index (Phi) is 3.06. The van der Waals surface area contributed by atoms with Crippen LogP contribution in [0.2, 0.25) is 0 Å². The lowest BCUT2D eigenvalue weighted by atomic mass is 9.91. The smallest absolute Gasteiger partial charge is 0.239 e. The largest absolute Gasteiger partial charge is 0.390 e. The zero-order valence-corrected chi connectivity index (χ0v) is 17.3. The normalized spacial score (nSPS) is 29.9. The minimum absolute atomic E-state index is 0.153. The van der Waals surface area contributed by atoms with Gasteiger partial charge in [0.25, 0.3) is 0 Å². The standard InChI is InChI=1S/C22H23N7O2/c1-13-8-16-24-12-25-28(16)10-15(13)26-19-23-9-14-17(27-19)29(18(30)22(14)6-7-22)20-2-4-21(31,11-20)5-3-20/h8-10,12,31H,2-7,11H2,1H3,(H,23,26,27). The van der Waals surface area contributed by atoms with Gasteiger partial charge < -0.3 is 10.4 Å².